The summed E-state index contributed by atoms with van der Waals surface area (Å²) >= 11 is 0. The third-order valence-corrected chi connectivity index (χ3v) is 8.23. The van der Waals surface area contributed by atoms with Crippen molar-refractivity contribution in [2.24, 2.45) is 0 Å². The largest absolute Gasteiger partial charge is 0.293 e. The normalized spacial score (nSPS) is 12.7. The molecule has 0 spiro atoms. The molecule has 0 atom stereocenters. The number of nitrogens with zero attached hydrogens (tertiary/aromatic N) is 1. The SMILES string of the molecule is CCCCCCCCCCCCCCCN(C(C)(C)CCCCCC)C(C)(C)CCCCCC. The predicted octanol–water partition coefficient (Wildman–Crippen LogP) is 11.9. The van der Waals surface area contributed by atoms with Crippen molar-refractivity contribution in [3.8, 4) is 0 Å². The summed E-state index contributed by atoms with van der Waals surface area (Å²) in [6.45, 7) is 18.4. The fourth-order valence-electron chi connectivity index (χ4n) is 5.95. The monoisotopic (exact) mass is 480 g/mol. The minimum absolute atomic E-state index is 0.319. The van der Waals surface area contributed by atoms with Crippen LogP contribution in [0.1, 0.15) is 196 Å². The predicted molar refractivity (Wildman–Crippen MR) is 158 cm³/mol. The van der Waals surface area contributed by atoms with Gasteiger partial charge in [0.05, 0.1) is 0 Å². The molecule has 0 N–H and O–H groups in total. The lowest BCUT2D eigenvalue weighted by Gasteiger charge is -2.49. The standard InChI is InChI=1S/C33H69N/c1-8-11-14-17-18-19-20-21-22-23-24-25-28-31-34(32(4,5)29-26-15-12-9-2)33(6,7)30-27-16-13-10-3/h8-31H2,1-7H3. The number of rotatable bonds is 26. The van der Waals surface area contributed by atoms with Crippen molar-refractivity contribution >= 4 is 0 Å². The van der Waals surface area contributed by atoms with Crippen LogP contribution >= 0.6 is 0 Å². The number of hydrogen-bond donors (Lipinski definition) is 0. The first kappa shape index (κ1) is 34.0. The molecule has 0 radical (unpaired) electrons. The van der Waals surface area contributed by atoms with E-state index in [-0.39, 0.29) is 0 Å². The molecule has 0 aliphatic heterocycles. The smallest absolute Gasteiger partial charge is 0.0158 e. The maximum Gasteiger partial charge on any atom is 0.0158 e. The van der Waals surface area contributed by atoms with E-state index in [9.17, 15) is 0 Å². The van der Waals surface area contributed by atoms with Crippen LogP contribution < -0.4 is 0 Å². The Morgan fingerprint density at radius 2 is 0.618 bits per heavy atom. The molecule has 0 fully saturated rings. The van der Waals surface area contributed by atoms with Gasteiger partial charge in [-0.2, -0.15) is 0 Å². The summed E-state index contributed by atoms with van der Waals surface area (Å²) in [5.41, 5.74) is 0.637. The van der Waals surface area contributed by atoms with E-state index in [2.05, 4.69) is 53.4 Å². The highest BCUT2D eigenvalue weighted by Crippen LogP contribution is 2.33. The highest BCUT2D eigenvalue weighted by molar-refractivity contribution is 4.92. The van der Waals surface area contributed by atoms with Crippen LogP contribution in [-0.2, 0) is 0 Å². The van der Waals surface area contributed by atoms with Crippen LogP contribution in [0.3, 0.4) is 0 Å². The molecule has 0 amide bonds. The Kier molecular flexibility index (Phi) is 22.2. The average Bonchev–Trinajstić information content (AvgIpc) is 2.79. The van der Waals surface area contributed by atoms with E-state index in [0.29, 0.717) is 11.1 Å². The fraction of sp³-hybridized carbons (Fsp3) is 1.00. The summed E-state index contributed by atoms with van der Waals surface area (Å²) in [6.07, 6.45) is 32.5. The molecule has 0 bridgehead atoms. The first-order valence-corrected chi connectivity index (χ1v) is 16.1. The van der Waals surface area contributed by atoms with Gasteiger partial charge in [-0.25, -0.2) is 0 Å². The summed E-state index contributed by atoms with van der Waals surface area (Å²) in [6, 6.07) is 0. The minimum atomic E-state index is 0.319. The molecule has 0 aliphatic carbocycles. The first-order chi connectivity index (χ1) is 16.3. The van der Waals surface area contributed by atoms with Gasteiger partial charge in [0.1, 0.15) is 0 Å². The number of unbranched alkanes of at least 4 members (excludes halogenated alkanes) is 18. The van der Waals surface area contributed by atoms with Crippen LogP contribution in [0, 0.1) is 0 Å². The van der Waals surface area contributed by atoms with Gasteiger partial charge in [0.2, 0.25) is 0 Å². The highest BCUT2D eigenvalue weighted by atomic mass is 15.2. The summed E-state index contributed by atoms with van der Waals surface area (Å²) in [5.74, 6) is 0. The van der Waals surface area contributed by atoms with Crippen molar-refractivity contribution < 1.29 is 0 Å². The molecule has 0 aromatic carbocycles. The molecule has 0 aliphatic rings. The maximum absolute atomic E-state index is 2.93. The summed E-state index contributed by atoms with van der Waals surface area (Å²) < 4.78 is 0. The van der Waals surface area contributed by atoms with Gasteiger partial charge < -0.3 is 0 Å². The Hall–Kier alpha value is -0.0400. The lowest BCUT2D eigenvalue weighted by molar-refractivity contribution is 0.00154. The molecule has 0 aromatic rings. The van der Waals surface area contributed by atoms with Gasteiger partial charge >= 0.3 is 0 Å². The van der Waals surface area contributed by atoms with Gasteiger partial charge in [0, 0.05) is 11.1 Å². The molecule has 0 saturated carbocycles. The zero-order valence-electron chi connectivity index (χ0n) is 25.4. The van der Waals surface area contributed by atoms with Crippen molar-refractivity contribution in [2.45, 2.75) is 207 Å². The van der Waals surface area contributed by atoms with Crippen molar-refractivity contribution in [1.82, 2.24) is 4.90 Å². The topological polar surface area (TPSA) is 3.24 Å². The molecule has 1 nitrogen and oxygen atoms in total. The third kappa shape index (κ3) is 18.3. The van der Waals surface area contributed by atoms with Crippen LogP contribution in [0.2, 0.25) is 0 Å². The molecule has 0 heterocycles. The van der Waals surface area contributed by atoms with Gasteiger partial charge in [0.25, 0.3) is 0 Å². The first-order valence-electron chi connectivity index (χ1n) is 16.1. The van der Waals surface area contributed by atoms with E-state index in [1.165, 1.54) is 154 Å². The lowest BCUT2D eigenvalue weighted by atomic mass is 9.85. The zero-order chi connectivity index (χ0) is 25.5. The van der Waals surface area contributed by atoms with E-state index in [4.69, 9.17) is 0 Å². The third-order valence-electron chi connectivity index (χ3n) is 8.23. The Morgan fingerprint density at radius 3 is 0.941 bits per heavy atom. The van der Waals surface area contributed by atoms with Gasteiger partial charge in [-0.05, 0) is 53.5 Å². The molecule has 34 heavy (non-hydrogen) atoms. The second kappa shape index (κ2) is 22.2. The van der Waals surface area contributed by atoms with Crippen LogP contribution in [-0.4, -0.2) is 22.5 Å². The maximum atomic E-state index is 2.93. The van der Waals surface area contributed by atoms with E-state index in [1.54, 1.807) is 0 Å². The van der Waals surface area contributed by atoms with Crippen LogP contribution in [0.5, 0.6) is 0 Å². The molecular weight excluding hydrogens is 410 g/mol. The van der Waals surface area contributed by atoms with E-state index in [1.807, 2.05) is 0 Å². The Balaban J connectivity index is 4.34. The summed E-state index contributed by atoms with van der Waals surface area (Å²) in [5, 5.41) is 0. The molecule has 206 valence electrons. The molecule has 1 heteroatoms. The number of hydrogen-bond acceptors (Lipinski definition) is 1. The second-order valence-corrected chi connectivity index (χ2v) is 12.6. The van der Waals surface area contributed by atoms with E-state index < -0.39 is 0 Å². The second-order valence-electron chi connectivity index (χ2n) is 12.6. The minimum Gasteiger partial charge on any atom is -0.293 e. The van der Waals surface area contributed by atoms with Gasteiger partial charge in [-0.1, -0.05) is 149 Å². The fourth-order valence-corrected chi connectivity index (χ4v) is 5.95. The molecule has 0 aromatic heterocycles. The van der Waals surface area contributed by atoms with E-state index >= 15 is 0 Å². The van der Waals surface area contributed by atoms with Crippen molar-refractivity contribution in [2.75, 3.05) is 6.54 Å². The summed E-state index contributed by atoms with van der Waals surface area (Å²) in [7, 11) is 0. The van der Waals surface area contributed by atoms with Crippen LogP contribution in [0.25, 0.3) is 0 Å². The van der Waals surface area contributed by atoms with Crippen molar-refractivity contribution in [1.29, 1.82) is 0 Å². The average molecular weight is 480 g/mol. The van der Waals surface area contributed by atoms with Crippen molar-refractivity contribution in [3.05, 3.63) is 0 Å². The quantitative estimate of drug-likeness (QED) is 0.111. The van der Waals surface area contributed by atoms with Gasteiger partial charge in [-0.15, -0.1) is 0 Å². The molecule has 0 saturated heterocycles. The highest BCUT2D eigenvalue weighted by Gasteiger charge is 2.36. The Morgan fingerprint density at radius 1 is 0.353 bits per heavy atom. The zero-order valence-corrected chi connectivity index (χ0v) is 25.4. The van der Waals surface area contributed by atoms with Gasteiger partial charge in [-0.3, -0.25) is 4.90 Å². The molecule has 0 rings (SSSR count). The van der Waals surface area contributed by atoms with Crippen LogP contribution in [0.15, 0.2) is 0 Å². The lowest BCUT2D eigenvalue weighted by Crippen LogP contribution is -2.55. The van der Waals surface area contributed by atoms with Crippen molar-refractivity contribution in [3.63, 3.8) is 0 Å². The molecule has 0 unspecified atom stereocenters. The molecular formula is C33H69N. The van der Waals surface area contributed by atoms with E-state index in [0.717, 1.165) is 0 Å². The van der Waals surface area contributed by atoms with Gasteiger partial charge in [0.15, 0.2) is 0 Å². The Labute approximate surface area is 218 Å². The summed E-state index contributed by atoms with van der Waals surface area (Å²) in [4.78, 5) is 2.93. The van der Waals surface area contributed by atoms with Crippen LogP contribution in [0.4, 0.5) is 0 Å². The Bertz CT molecular complexity index is 387.